The van der Waals surface area contributed by atoms with Crippen molar-refractivity contribution >= 4 is 34.8 Å². The van der Waals surface area contributed by atoms with E-state index in [0.717, 1.165) is 5.56 Å². The van der Waals surface area contributed by atoms with E-state index in [4.69, 9.17) is 18.0 Å². The molecule has 0 saturated heterocycles. The van der Waals surface area contributed by atoms with Crippen LogP contribution in [0.4, 0.5) is 21.9 Å². The molecule has 0 atom stereocenters. The summed E-state index contributed by atoms with van der Waals surface area (Å²) in [6, 6.07) is 13.3. The quantitative estimate of drug-likeness (QED) is 0.297. The van der Waals surface area contributed by atoms with Gasteiger partial charge in [0, 0.05) is 11.4 Å². The molecular formula is C17H17N7O. The third kappa shape index (κ3) is 5.37. The van der Waals surface area contributed by atoms with Gasteiger partial charge in [0.05, 0.1) is 12.3 Å². The number of nitrogens with one attached hydrogen (secondary N) is 2. The van der Waals surface area contributed by atoms with Crippen molar-refractivity contribution < 1.29 is 4.79 Å². The average molecular weight is 335 g/mol. The van der Waals surface area contributed by atoms with Crippen LogP contribution in [0.1, 0.15) is 12.5 Å². The number of anilines is 2. The van der Waals surface area contributed by atoms with E-state index in [1.807, 2.05) is 0 Å². The smallest absolute Gasteiger partial charge is 0.323 e. The summed E-state index contributed by atoms with van der Waals surface area (Å²) in [5, 5.41) is 12.9. The van der Waals surface area contributed by atoms with Crippen LogP contribution in [0.2, 0.25) is 0 Å². The van der Waals surface area contributed by atoms with Crippen LogP contribution in [-0.2, 0) is 0 Å². The zero-order valence-electron chi connectivity index (χ0n) is 13.5. The molecule has 2 aromatic rings. The first-order valence-corrected chi connectivity index (χ1v) is 7.27. The molecule has 6 N–H and O–H groups in total. The Balaban J connectivity index is 1.98. The van der Waals surface area contributed by atoms with Crippen molar-refractivity contribution in [2.24, 2.45) is 21.7 Å². The predicted molar refractivity (Wildman–Crippen MR) is 99.8 cm³/mol. The van der Waals surface area contributed by atoms with Gasteiger partial charge in [-0.2, -0.15) is 5.10 Å². The number of rotatable bonds is 4. The lowest BCUT2D eigenvalue weighted by Gasteiger charge is -2.08. The number of carbonyl (C=O) groups is 1. The molecule has 0 aliphatic carbocycles. The number of nitrogens with zero attached hydrogens (tertiary/aromatic N) is 3. The Hall–Kier alpha value is -3.86. The zero-order chi connectivity index (χ0) is 18.2. The Morgan fingerprint density at radius 1 is 0.960 bits per heavy atom. The first-order valence-electron chi connectivity index (χ1n) is 7.27. The van der Waals surface area contributed by atoms with Gasteiger partial charge in [-0.15, -0.1) is 5.10 Å². The summed E-state index contributed by atoms with van der Waals surface area (Å²) in [6.07, 6.45) is 0. The Bertz CT molecular complexity index is 842. The molecule has 8 heteroatoms. The van der Waals surface area contributed by atoms with Gasteiger partial charge in [-0.3, -0.25) is 0 Å². The number of benzene rings is 2. The Labute approximate surface area is 145 Å². The van der Waals surface area contributed by atoms with Crippen LogP contribution in [0.25, 0.3) is 4.85 Å². The van der Waals surface area contributed by atoms with Crippen molar-refractivity contribution in [1.82, 2.24) is 0 Å². The lowest BCUT2D eigenvalue weighted by atomic mass is 10.1. The maximum Gasteiger partial charge on any atom is 0.323 e. The molecule has 0 aromatic heterocycles. The van der Waals surface area contributed by atoms with Gasteiger partial charge in [0.1, 0.15) is 0 Å². The molecule has 0 unspecified atom stereocenters. The van der Waals surface area contributed by atoms with Crippen molar-refractivity contribution in [1.29, 1.82) is 0 Å². The molecule has 2 amide bonds. The molecule has 25 heavy (non-hydrogen) atoms. The normalized spacial score (nSPS) is 10.5. The third-order valence-electron chi connectivity index (χ3n) is 3.13. The molecule has 2 aromatic carbocycles. The van der Waals surface area contributed by atoms with Gasteiger partial charge >= 0.3 is 6.03 Å². The molecule has 8 nitrogen and oxygen atoms in total. The summed E-state index contributed by atoms with van der Waals surface area (Å²) < 4.78 is 0. The number of urea groups is 1. The minimum absolute atomic E-state index is 0.112. The largest absolute Gasteiger partial charge is 0.369 e. The van der Waals surface area contributed by atoms with Crippen LogP contribution >= 0.6 is 0 Å². The fourth-order valence-electron chi connectivity index (χ4n) is 1.90. The second-order valence-electron chi connectivity index (χ2n) is 5.03. The fourth-order valence-corrected chi connectivity index (χ4v) is 1.90. The molecule has 0 heterocycles. The van der Waals surface area contributed by atoms with Crippen LogP contribution in [0.5, 0.6) is 0 Å². The number of guanidine groups is 1. The summed E-state index contributed by atoms with van der Waals surface area (Å²) in [7, 11) is 0. The van der Waals surface area contributed by atoms with Gasteiger partial charge in [0.25, 0.3) is 0 Å². The second kappa shape index (κ2) is 8.12. The molecule has 126 valence electrons. The van der Waals surface area contributed by atoms with E-state index in [-0.39, 0.29) is 12.0 Å². The Kier molecular flexibility index (Phi) is 5.68. The van der Waals surface area contributed by atoms with Crippen molar-refractivity contribution in [3.8, 4) is 0 Å². The number of hydrogen-bond acceptors (Lipinski definition) is 3. The van der Waals surface area contributed by atoms with E-state index < -0.39 is 0 Å². The monoisotopic (exact) mass is 335 g/mol. The van der Waals surface area contributed by atoms with Crippen LogP contribution in [0.15, 0.2) is 58.7 Å². The minimum atomic E-state index is -0.380. The molecular weight excluding hydrogens is 318 g/mol. The fraction of sp³-hybridized carbons (Fsp3) is 0.0588. The standard InChI is InChI=1S/C17H17N7O/c1-11(23-24-16(18)19)12-3-5-14(6-4-12)21-17(25)22-15-9-7-13(20-2)8-10-15/h3-10H,1H3,(H4,18,19,24)(H2,21,22,25)/b23-11+. The van der Waals surface area contributed by atoms with E-state index >= 15 is 0 Å². The average Bonchev–Trinajstić information content (AvgIpc) is 2.61. The molecule has 2 rings (SSSR count). The lowest BCUT2D eigenvalue weighted by Crippen LogP contribution is -2.22. The van der Waals surface area contributed by atoms with Crippen molar-refractivity contribution in [2.45, 2.75) is 6.92 Å². The summed E-state index contributed by atoms with van der Waals surface area (Å²) in [4.78, 5) is 15.3. The van der Waals surface area contributed by atoms with Crippen molar-refractivity contribution in [3.63, 3.8) is 0 Å². The number of nitrogens with two attached hydrogens (primary N) is 2. The van der Waals surface area contributed by atoms with Gasteiger partial charge in [-0.1, -0.05) is 24.3 Å². The molecule has 0 saturated carbocycles. The first-order chi connectivity index (χ1) is 12.0. The molecule has 0 spiro atoms. The summed E-state index contributed by atoms with van der Waals surface area (Å²) >= 11 is 0. The van der Waals surface area contributed by atoms with Gasteiger partial charge in [0.2, 0.25) is 5.96 Å². The predicted octanol–water partition coefficient (Wildman–Crippen LogP) is 2.88. The second-order valence-corrected chi connectivity index (χ2v) is 5.03. The lowest BCUT2D eigenvalue weighted by molar-refractivity contribution is 0.262. The number of hydrogen-bond donors (Lipinski definition) is 4. The first kappa shape index (κ1) is 17.5. The highest BCUT2D eigenvalue weighted by Crippen LogP contribution is 2.16. The highest BCUT2D eigenvalue weighted by Gasteiger charge is 2.04. The number of carbonyl (C=O) groups excluding carboxylic acids is 1. The molecule has 0 aliphatic rings. The number of amides is 2. The van der Waals surface area contributed by atoms with E-state index in [9.17, 15) is 4.79 Å². The molecule has 0 radical (unpaired) electrons. The van der Waals surface area contributed by atoms with E-state index in [1.165, 1.54) is 0 Å². The van der Waals surface area contributed by atoms with Gasteiger partial charge in [0.15, 0.2) is 5.69 Å². The van der Waals surface area contributed by atoms with Gasteiger partial charge < -0.3 is 22.1 Å². The Morgan fingerprint density at radius 2 is 1.48 bits per heavy atom. The van der Waals surface area contributed by atoms with Crippen LogP contribution in [-0.4, -0.2) is 17.7 Å². The van der Waals surface area contributed by atoms with Crippen LogP contribution in [0, 0.1) is 6.57 Å². The maximum absolute atomic E-state index is 12.0. The topological polar surface area (TPSA) is 122 Å². The zero-order valence-corrected chi connectivity index (χ0v) is 13.5. The summed E-state index contributed by atoms with van der Waals surface area (Å²) in [5.74, 6) is -0.112. The van der Waals surface area contributed by atoms with Crippen LogP contribution in [0.3, 0.4) is 0 Å². The van der Waals surface area contributed by atoms with Gasteiger partial charge in [-0.05, 0) is 36.8 Å². The van der Waals surface area contributed by atoms with E-state index in [2.05, 4.69) is 25.7 Å². The summed E-state index contributed by atoms with van der Waals surface area (Å²) in [6.45, 7) is 8.67. The van der Waals surface area contributed by atoms with Crippen LogP contribution < -0.4 is 22.1 Å². The SMILES string of the molecule is [C-]#[N+]c1ccc(NC(=O)Nc2ccc(/C(C)=N/N=C(N)N)cc2)cc1. The summed E-state index contributed by atoms with van der Waals surface area (Å²) in [5.41, 5.74) is 13.7. The molecule has 0 fully saturated rings. The van der Waals surface area contributed by atoms with Crippen molar-refractivity contribution in [2.75, 3.05) is 10.6 Å². The minimum Gasteiger partial charge on any atom is -0.369 e. The maximum atomic E-state index is 12.0. The molecule has 0 aliphatic heterocycles. The third-order valence-corrected chi connectivity index (χ3v) is 3.13. The molecule has 0 bridgehead atoms. The van der Waals surface area contributed by atoms with E-state index in [0.29, 0.717) is 22.8 Å². The van der Waals surface area contributed by atoms with E-state index in [1.54, 1.807) is 55.5 Å². The highest BCUT2D eigenvalue weighted by molar-refractivity contribution is 6.01. The van der Waals surface area contributed by atoms with Crippen molar-refractivity contribution in [3.05, 3.63) is 65.5 Å². The highest BCUT2D eigenvalue weighted by atomic mass is 16.2. The van der Waals surface area contributed by atoms with Gasteiger partial charge in [-0.25, -0.2) is 9.64 Å². The Morgan fingerprint density at radius 3 is 1.96 bits per heavy atom.